The molecule has 192 valence electrons. The maximum Gasteiger partial charge on any atom is 0.267 e. The molecule has 2 amide bonds. The van der Waals surface area contributed by atoms with E-state index in [9.17, 15) is 22.9 Å². The van der Waals surface area contributed by atoms with Gasteiger partial charge in [0.05, 0.1) is 17.7 Å². The minimum absolute atomic E-state index is 0.0877. The fourth-order valence-corrected chi connectivity index (χ4v) is 6.20. The Morgan fingerprint density at radius 2 is 1.53 bits per heavy atom. The number of benzene rings is 2. The van der Waals surface area contributed by atoms with Crippen LogP contribution in [0.3, 0.4) is 0 Å². The topological polar surface area (TPSA) is 113 Å². The highest BCUT2D eigenvalue weighted by atomic mass is 32.2. The molecule has 36 heavy (non-hydrogen) atoms. The van der Waals surface area contributed by atoms with E-state index in [0.29, 0.717) is 42.9 Å². The molecule has 10 heteroatoms. The molecule has 1 aliphatic heterocycles. The molecular formula is C26H31N3O6S. The average molecular weight is 514 g/mol. The number of rotatable bonds is 12. The van der Waals surface area contributed by atoms with E-state index in [0.717, 1.165) is 30.2 Å². The number of nitroso groups, excluding NO2 is 1. The summed E-state index contributed by atoms with van der Waals surface area (Å²) in [4.78, 5) is 43.2. The smallest absolute Gasteiger partial charge is 0.267 e. The summed E-state index contributed by atoms with van der Waals surface area (Å²) in [6.07, 6.45) is 6.98. The predicted octanol–water partition coefficient (Wildman–Crippen LogP) is 5.05. The maximum atomic E-state index is 13.4. The second-order valence-corrected chi connectivity index (χ2v) is 11.1. The number of hydroxylamine groups is 1. The zero-order valence-electron chi connectivity index (χ0n) is 20.2. The van der Waals surface area contributed by atoms with Crippen LogP contribution in [0.15, 0.2) is 58.6 Å². The first kappa shape index (κ1) is 26.1. The average Bonchev–Trinajstić information content (AvgIpc) is 3.15. The van der Waals surface area contributed by atoms with Gasteiger partial charge in [-0.3, -0.25) is 19.3 Å². The van der Waals surface area contributed by atoms with Crippen molar-refractivity contribution in [2.75, 3.05) is 19.7 Å². The first-order chi connectivity index (χ1) is 17.4. The zero-order valence-corrected chi connectivity index (χ0v) is 21.0. The van der Waals surface area contributed by atoms with E-state index in [1.54, 1.807) is 36.4 Å². The van der Waals surface area contributed by atoms with Crippen LogP contribution < -0.4 is 0 Å². The first-order valence-corrected chi connectivity index (χ1v) is 13.9. The van der Waals surface area contributed by atoms with Gasteiger partial charge in [-0.2, -0.15) is 0 Å². The molecule has 0 spiro atoms. The number of amides is 2. The van der Waals surface area contributed by atoms with Gasteiger partial charge in [0.15, 0.2) is 0 Å². The Balaban J connectivity index is 1.36. The standard InChI is InChI=1S/C26H31N3O6S/c30-25-21-13-5-6-14-22(21)26(31)28(25)17-9-2-10-18-29(35-19-20-11-3-1-4-12-20)36(33,34)24-16-8-7-15-23(24)27-32/h5-8,13-16,20H,1-4,9-12,17-19H2. The van der Waals surface area contributed by atoms with E-state index in [-0.39, 0.29) is 35.5 Å². The van der Waals surface area contributed by atoms with Crippen molar-refractivity contribution in [2.24, 2.45) is 11.1 Å². The van der Waals surface area contributed by atoms with Gasteiger partial charge in [-0.25, -0.2) is 8.42 Å². The van der Waals surface area contributed by atoms with Gasteiger partial charge in [-0.05, 0) is 61.0 Å². The van der Waals surface area contributed by atoms with Crippen LogP contribution in [0.25, 0.3) is 0 Å². The number of fused-ring (bicyclic) bond motifs is 1. The third kappa shape index (κ3) is 5.71. The third-order valence-electron chi connectivity index (χ3n) is 6.79. The quantitative estimate of drug-likeness (QED) is 0.170. The van der Waals surface area contributed by atoms with E-state index in [1.165, 1.54) is 23.5 Å². The molecular weight excluding hydrogens is 482 g/mol. The largest absolute Gasteiger partial charge is 0.284 e. The van der Waals surface area contributed by atoms with Crippen LogP contribution in [0, 0.1) is 10.8 Å². The highest BCUT2D eigenvalue weighted by Crippen LogP contribution is 2.29. The van der Waals surface area contributed by atoms with E-state index in [4.69, 9.17) is 4.84 Å². The summed E-state index contributed by atoms with van der Waals surface area (Å²) in [5, 5.41) is 2.87. The number of imide groups is 1. The van der Waals surface area contributed by atoms with Gasteiger partial charge in [0, 0.05) is 13.1 Å². The van der Waals surface area contributed by atoms with Crippen LogP contribution in [0.5, 0.6) is 0 Å². The lowest BCUT2D eigenvalue weighted by molar-refractivity contribution is -0.103. The molecule has 1 aliphatic carbocycles. The molecule has 1 heterocycles. The van der Waals surface area contributed by atoms with Crippen molar-refractivity contribution in [1.82, 2.24) is 9.37 Å². The van der Waals surface area contributed by atoms with Crippen LogP contribution in [0.4, 0.5) is 5.69 Å². The summed E-state index contributed by atoms with van der Waals surface area (Å²) in [6.45, 7) is 0.648. The fourth-order valence-electron chi connectivity index (χ4n) is 4.79. The van der Waals surface area contributed by atoms with Crippen molar-refractivity contribution < 1.29 is 22.8 Å². The minimum Gasteiger partial charge on any atom is -0.284 e. The molecule has 0 bridgehead atoms. The van der Waals surface area contributed by atoms with Gasteiger partial charge in [0.25, 0.3) is 21.8 Å². The summed E-state index contributed by atoms with van der Waals surface area (Å²) >= 11 is 0. The summed E-state index contributed by atoms with van der Waals surface area (Å²) < 4.78 is 27.7. The summed E-state index contributed by atoms with van der Waals surface area (Å²) in [5.74, 6) is -0.299. The lowest BCUT2D eigenvalue weighted by atomic mass is 9.90. The van der Waals surface area contributed by atoms with Gasteiger partial charge in [-0.15, -0.1) is 4.91 Å². The Kier molecular flexibility index (Phi) is 8.60. The number of carbonyl (C=O) groups is 2. The molecule has 2 aliphatic rings. The molecule has 1 saturated carbocycles. The van der Waals surface area contributed by atoms with Crippen molar-refractivity contribution in [2.45, 2.75) is 56.3 Å². The first-order valence-electron chi connectivity index (χ1n) is 12.5. The lowest BCUT2D eigenvalue weighted by Crippen LogP contribution is -2.34. The molecule has 9 nitrogen and oxygen atoms in total. The van der Waals surface area contributed by atoms with Crippen LogP contribution in [0.2, 0.25) is 0 Å². The number of hydrogen-bond acceptors (Lipinski definition) is 7. The van der Waals surface area contributed by atoms with Crippen LogP contribution in [-0.4, -0.2) is 49.3 Å². The SMILES string of the molecule is O=Nc1ccccc1S(=O)(=O)N(CCCCCN1C(=O)c2ccccc2C1=O)OCC1CCCCC1. The number of nitrogens with zero attached hydrogens (tertiary/aromatic N) is 3. The number of sulfonamides is 1. The Hall–Kier alpha value is -2.95. The molecule has 4 rings (SSSR count). The predicted molar refractivity (Wildman–Crippen MR) is 134 cm³/mol. The summed E-state index contributed by atoms with van der Waals surface area (Å²) in [6, 6.07) is 12.6. The van der Waals surface area contributed by atoms with Crippen molar-refractivity contribution in [1.29, 1.82) is 0 Å². The lowest BCUT2D eigenvalue weighted by Gasteiger charge is -2.26. The Morgan fingerprint density at radius 3 is 2.19 bits per heavy atom. The van der Waals surface area contributed by atoms with Gasteiger partial charge in [0.1, 0.15) is 10.6 Å². The zero-order chi connectivity index (χ0) is 25.5. The Labute approximate surface area is 211 Å². The highest BCUT2D eigenvalue weighted by molar-refractivity contribution is 7.89. The number of hydrogen-bond donors (Lipinski definition) is 0. The Bertz CT molecular complexity index is 1170. The van der Waals surface area contributed by atoms with E-state index >= 15 is 0 Å². The van der Waals surface area contributed by atoms with Gasteiger partial charge in [-0.1, -0.05) is 54.4 Å². The Morgan fingerprint density at radius 1 is 0.889 bits per heavy atom. The van der Waals surface area contributed by atoms with Crippen LogP contribution in [-0.2, 0) is 14.9 Å². The van der Waals surface area contributed by atoms with E-state index in [1.807, 2.05) is 0 Å². The molecule has 0 radical (unpaired) electrons. The van der Waals surface area contributed by atoms with Crippen molar-refractivity contribution >= 4 is 27.5 Å². The molecule has 2 aromatic rings. The van der Waals surface area contributed by atoms with Crippen molar-refractivity contribution in [3.8, 4) is 0 Å². The van der Waals surface area contributed by atoms with Crippen LogP contribution >= 0.6 is 0 Å². The molecule has 0 N–H and O–H groups in total. The number of unbranched alkanes of at least 4 members (excludes halogenated alkanes) is 2. The van der Waals surface area contributed by atoms with Gasteiger partial charge in [0.2, 0.25) is 0 Å². The van der Waals surface area contributed by atoms with Crippen molar-refractivity contribution in [3.63, 3.8) is 0 Å². The van der Waals surface area contributed by atoms with Crippen LogP contribution in [0.1, 0.15) is 72.1 Å². The fraction of sp³-hybridized carbons (Fsp3) is 0.462. The monoisotopic (exact) mass is 513 g/mol. The second kappa shape index (κ2) is 11.9. The van der Waals surface area contributed by atoms with Gasteiger partial charge < -0.3 is 0 Å². The molecule has 0 aromatic heterocycles. The third-order valence-corrected chi connectivity index (χ3v) is 8.51. The van der Waals surface area contributed by atoms with E-state index in [2.05, 4.69) is 5.18 Å². The summed E-state index contributed by atoms with van der Waals surface area (Å²) in [5.41, 5.74) is 0.672. The van der Waals surface area contributed by atoms with E-state index < -0.39 is 10.0 Å². The normalized spacial score (nSPS) is 16.5. The van der Waals surface area contributed by atoms with Crippen molar-refractivity contribution in [3.05, 3.63) is 64.6 Å². The second-order valence-electron chi connectivity index (χ2n) is 9.26. The molecule has 1 fully saturated rings. The maximum absolute atomic E-state index is 13.4. The minimum atomic E-state index is -4.10. The summed E-state index contributed by atoms with van der Waals surface area (Å²) in [7, 11) is -4.10. The number of carbonyl (C=O) groups excluding carboxylic acids is 2. The molecule has 2 aromatic carbocycles. The molecule has 0 saturated heterocycles. The highest BCUT2D eigenvalue weighted by Gasteiger charge is 2.34. The molecule has 0 atom stereocenters. The molecule has 0 unspecified atom stereocenters. The van der Waals surface area contributed by atoms with Gasteiger partial charge >= 0.3 is 0 Å².